The molecule has 0 radical (unpaired) electrons. The first-order chi connectivity index (χ1) is 24.7. The maximum absolute atomic E-state index is 13.5. The van der Waals surface area contributed by atoms with E-state index in [4.69, 9.17) is 9.47 Å². The zero-order valence-electron chi connectivity index (χ0n) is 28.4. The third-order valence-electron chi connectivity index (χ3n) is 8.63. The van der Waals surface area contributed by atoms with Gasteiger partial charge in [-0.15, -0.1) is 10.2 Å². The van der Waals surface area contributed by atoms with E-state index in [2.05, 4.69) is 20.2 Å². The van der Waals surface area contributed by atoms with Crippen LogP contribution in [0.3, 0.4) is 0 Å². The number of benzene rings is 4. The fraction of sp³-hybridized carbons (Fsp3) is 0.289. The van der Waals surface area contributed by atoms with Gasteiger partial charge < -0.3 is 24.5 Å². The lowest BCUT2D eigenvalue weighted by Crippen LogP contribution is -2.47. The first kappa shape index (κ1) is 36.4. The first-order valence-corrected chi connectivity index (χ1v) is 19.1. The van der Waals surface area contributed by atoms with Gasteiger partial charge in [-0.05, 0) is 47.7 Å². The van der Waals surface area contributed by atoms with Gasteiger partial charge in [0.1, 0.15) is 12.4 Å². The number of aryl methyl sites for hydroxylation is 2. The number of sulfonamides is 1. The molecular weight excluding hydrogens is 687 g/mol. The van der Waals surface area contributed by atoms with Crippen molar-refractivity contribution in [1.29, 1.82) is 0 Å². The van der Waals surface area contributed by atoms with Gasteiger partial charge in [-0.25, -0.2) is 8.42 Å². The minimum absolute atomic E-state index is 0.0297. The molecule has 0 bridgehead atoms. The molecular formula is C38H41N5O6S2. The number of nitrogens with zero attached hydrogens (tertiary/aromatic N) is 3. The van der Waals surface area contributed by atoms with E-state index in [1.54, 1.807) is 30.2 Å². The topological polar surface area (TPSA) is 145 Å². The Hall–Kier alpha value is -4.37. The SMILES string of the molecule is Cc1ccc(S(=O)(=O)N[C@H](Cc2ccccc2)C(=O)NCc2ccc([C@@H]3O[C@H](CSc4nncn4C)C[C@H](c4ccc(CO)cc4)O3)cc2)cc1. The fourth-order valence-electron chi connectivity index (χ4n) is 5.71. The predicted octanol–water partition coefficient (Wildman–Crippen LogP) is 5.16. The normalized spacial score (nSPS) is 18.3. The first-order valence-electron chi connectivity index (χ1n) is 16.6. The predicted molar refractivity (Wildman–Crippen MR) is 194 cm³/mol. The minimum atomic E-state index is -3.95. The number of amides is 1. The zero-order chi connectivity index (χ0) is 35.8. The minimum Gasteiger partial charge on any atom is -0.392 e. The van der Waals surface area contributed by atoms with Crippen LogP contribution < -0.4 is 10.0 Å². The maximum atomic E-state index is 13.5. The Bertz CT molecular complexity index is 1990. The Morgan fingerprint density at radius 1 is 0.922 bits per heavy atom. The molecule has 1 amide bonds. The lowest BCUT2D eigenvalue weighted by atomic mass is 10.0. The molecule has 1 aromatic heterocycles. The Labute approximate surface area is 302 Å². The van der Waals surface area contributed by atoms with Crippen molar-refractivity contribution >= 4 is 27.7 Å². The van der Waals surface area contributed by atoms with Gasteiger partial charge in [0, 0.05) is 31.3 Å². The fourth-order valence-corrected chi connectivity index (χ4v) is 7.81. The van der Waals surface area contributed by atoms with Crippen LogP contribution in [0.5, 0.6) is 0 Å². The second kappa shape index (κ2) is 16.8. The van der Waals surface area contributed by atoms with E-state index in [0.29, 0.717) is 12.2 Å². The van der Waals surface area contributed by atoms with Gasteiger partial charge in [0.25, 0.3) is 0 Å². The van der Waals surface area contributed by atoms with E-state index in [1.165, 1.54) is 12.1 Å². The second-order valence-electron chi connectivity index (χ2n) is 12.5. The Kier molecular flexibility index (Phi) is 12.0. The van der Waals surface area contributed by atoms with Crippen molar-refractivity contribution in [3.05, 3.63) is 143 Å². The molecule has 4 aromatic carbocycles. The number of hydrogen-bond donors (Lipinski definition) is 3. The van der Waals surface area contributed by atoms with Crippen LogP contribution in [0.1, 0.15) is 52.2 Å². The van der Waals surface area contributed by atoms with E-state index in [1.807, 2.05) is 97.4 Å². The smallest absolute Gasteiger partial charge is 0.241 e. The van der Waals surface area contributed by atoms with Crippen molar-refractivity contribution in [2.45, 2.75) is 67.5 Å². The number of hydrogen-bond acceptors (Lipinski definition) is 9. The van der Waals surface area contributed by atoms with Gasteiger partial charge in [0.15, 0.2) is 11.4 Å². The molecule has 5 aromatic rings. The second-order valence-corrected chi connectivity index (χ2v) is 15.2. The van der Waals surface area contributed by atoms with Gasteiger partial charge in [0.05, 0.1) is 23.7 Å². The molecule has 0 saturated carbocycles. The highest BCUT2D eigenvalue weighted by Crippen LogP contribution is 2.39. The number of thioether (sulfide) groups is 1. The van der Waals surface area contributed by atoms with Crippen LogP contribution in [-0.4, -0.2) is 52.1 Å². The van der Waals surface area contributed by atoms with E-state index in [9.17, 15) is 18.3 Å². The maximum Gasteiger partial charge on any atom is 0.241 e. The van der Waals surface area contributed by atoms with Crippen LogP contribution in [0.15, 0.2) is 120 Å². The molecule has 0 unspecified atom stereocenters. The molecule has 2 heterocycles. The number of carbonyl (C=O) groups is 1. The molecule has 1 saturated heterocycles. The molecule has 1 fully saturated rings. The standard InChI is InChI=1S/C38H41N5O6S2/c1-26-8-18-33(19-9-26)51(46,47)42-34(20-27-6-4-3-5-7-27)36(45)39-22-28-10-16-31(17-11-28)37-48-32(24-50-38-41-40-25-43(38)2)21-35(49-37)30-14-12-29(23-44)13-15-30/h3-19,25,32,34-35,37,42,44H,20-24H2,1-2H3,(H,39,45)/t32-,34+,35+,37+/m0/s1. The van der Waals surface area contributed by atoms with Crippen molar-refractivity contribution < 1.29 is 27.8 Å². The molecule has 3 N–H and O–H groups in total. The summed E-state index contributed by atoms with van der Waals surface area (Å²) in [7, 11) is -2.05. The van der Waals surface area contributed by atoms with Crippen LogP contribution in [-0.2, 0) is 50.9 Å². The van der Waals surface area contributed by atoms with E-state index in [-0.39, 0.29) is 36.7 Å². The summed E-state index contributed by atoms with van der Waals surface area (Å²) in [4.78, 5) is 13.6. The van der Waals surface area contributed by atoms with Crippen molar-refractivity contribution in [1.82, 2.24) is 24.8 Å². The summed E-state index contributed by atoms with van der Waals surface area (Å²) in [6.45, 7) is 2.05. The largest absolute Gasteiger partial charge is 0.392 e. The molecule has 1 aliphatic heterocycles. The summed E-state index contributed by atoms with van der Waals surface area (Å²) in [5, 5.41) is 21.4. The van der Waals surface area contributed by atoms with Gasteiger partial charge in [0.2, 0.25) is 15.9 Å². The Balaban J connectivity index is 1.13. The molecule has 6 rings (SSSR count). The lowest BCUT2D eigenvalue weighted by molar-refractivity contribution is -0.245. The molecule has 13 heteroatoms. The highest BCUT2D eigenvalue weighted by atomic mass is 32.2. The molecule has 0 aliphatic carbocycles. The highest BCUT2D eigenvalue weighted by Gasteiger charge is 2.33. The van der Waals surface area contributed by atoms with E-state index >= 15 is 0 Å². The number of carbonyl (C=O) groups excluding carboxylic acids is 1. The third-order valence-corrected chi connectivity index (χ3v) is 11.3. The summed E-state index contributed by atoms with van der Waals surface area (Å²) in [5.74, 6) is 0.218. The van der Waals surface area contributed by atoms with Gasteiger partial charge in [-0.2, -0.15) is 4.72 Å². The van der Waals surface area contributed by atoms with Gasteiger partial charge in [-0.3, -0.25) is 4.79 Å². The van der Waals surface area contributed by atoms with E-state index in [0.717, 1.165) is 38.5 Å². The average Bonchev–Trinajstić information content (AvgIpc) is 3.57. The molecule has 0 spiro atoms. The zero-order valence-corrected chi connectivity index (χ0v) is 30.0. The highest BCUT2D eigenvalue weighted by molar-refractivity contribution is 7.99. The van der Waals surface area contributed by atoms with E-state index < -0.39 is 28.3 Å². The molecule has 51 heavy (non-hydrogen) atoms. The van der Waals surface area contributed by atoms with Crippen LogP contribution >= 0.6 is 11.8 Å². The van der Waals surface area contributed by atoms with Crippen molar-refractivity contribution in [2.24, 2.45) is 7.05 Å². The van der Waals surface area contributed by atoms with Crippen molar-refractivity contribution in [3.8, 4) is 0 Å². The summed E-state index contributed by atoms with van der Waals surface area (Å²) >= 11 is 1.57. The van der Waals surface area contributed by atoms with Crippen LogP contribution in [0, 0.1) is 6.92 Å². The summed E-state index contributed by atoms with van der Waals surface area (Å²) in [5.41, 5.74) is 5.24. The third kappa shape index (κ3) is 9.70. The Morgan fingerprint density at radius 2 is 1.61 bits per heavy atom. The monoisotopic (exact) mass is 727 g/mol. The molecule has 266 valence electrons. The van der Waals surface area contributed by atoms with Crippen LogP contribution in [0.25, 0.3) is 0 Å². The van der Waals surface area contributed by atoms with Crippen LogP contribution in [0.4, 0.5) is 0 Å². The number of aromatic nitrogens is 3. The van der Waals surface area contributed by atoms with Gasteiger partial charge >= 0.3 is 0 Å². The summed E-state index contributed by atoms with van der Waals surface area (Å²) in [6.07, 6.45) is 1.48. The summed E-state index contributed by atoms with van der Waals surface area (Å²) in [6, 6.07) is 30.2. The quantitative estimate of drug-likeness (QED) is 0.132. The number of ether oxygens (including phenoxy) is 2. The van der Waals surface area contributed by atoms with Gasteiger partial charge in [-0.1, -0.05) is 108 Å². The number of aliphatic hydroxyl groups excluding tert-OH is 1. The number of aliphatic hydroxyl groups is 1. The average molecular weight is 728 g/mol. The van der Waals surface area contributed by atoms with Crippen molar-refractivity contribution in [3.63, 3.8) is 0 Å². The lowest BCUT2D eigenvalue weighted by Gasteiger charge is -2.36. The number of rotatable bonds is 14. The Morgan fingerprint density at radius 3 is 2.27 bits per heavy atom. The van der Waals surface area contributed by atoms with Crippen molar-refractivity contribution in [2.75, 3.05) is 5.75 Å². The molecule has 11 nitrogen and oxygen atoms in total. The molecule has 4 atom stereocenters. The number of nitrogens with one attached hydrogen (secondary N) is 2. The summed E-state index contributed by atoms with van der Waals surface area (Å²) < 4.78 is 43.9. The molecule has 1 aliphatic rings. The van der Waals surface area contributed by atoms with Crippen LogP contribution in [0.2, 0.25) is 0 Å².